The smallest absolute Gasteiger partial charge is 0.142 e. The SMILES string of the molecule is CCc1ccc2c(c1)NC(c1ccc(F)cc1)CO2. The van der Waals surface area contributed by atoms with Crippen molar-refractivity contribution in [2.45, 2.75) is 19.4 Å². The normalized spacial score (nSPS) is 17.3. The molecule has 0 saturated carbocycles. The van der Waals surface area contributed by atoms with E-state index in [4.69, 9.17) is 4.74 Å². The average molecular weight is 257 g/mol. The third-order valence-corrected chi connectivity index (χ3v) is 3.46. The maximum absolute atomic E-state index is 12.9. The minimum absolute atomic E-state index is 0.0696. The third-order valence-electron chi connectivity index (χ3n) is 3.46. The first-order valence-electron chi connectivity index (χ1n) is 6.54. The molecular weight excluding hydrogens is 241 g/mol. The van der Waals surface area contributed by atoms with E-state index >= 15 is 0 Å². The highest BCUT2D eigenvalue weighted by Gasteiger charge is 2.20. The van der Waals surface area contributed by atoms with Crippen molar-refractivity contribution in [3.05, 3.63) is 59.4 Å². The summed E-state index contributed by atoms with van der Waals surface area (Å²) in [5, 5.41) is 3.46. The van der Waals surface area contributed by atoms with Gasteiger partial charge in [-0.15, -0.1) is 0 Å². The molecule has 0 bridgehead atoms. The van der Waals surface area contributed by atoms with Crippen LogP contribution in [0.1, 0.15) is 24.1 Å². The Morgan fingerprint density at radius 3 is 2.74 bits per heavy atom. The zero-order valence-corrected chi connectivity index (χ0v) is 10.8. The fourth-order valence-corrected chi connectivity index (χ4v) is 2.31. The van der Waals surface area contributed by atoms with Crippen LogP contribution in [0.2, 0.25) is 0 Å². The lowest BCUT2D eigenvalue weighted by Crippen LogP contribution is -2.24. The van der Waals surface area contributed by atoms with Gasteiger partial charge in [0, 0.05) is 0 Å². The molecule has 0 spiro atoms. The van der Waals surface area contributed by atoms with Crippen LogP contribution in [0.3, 0.4) is 0 Å². The molecule has 3 heteroatoms. The van der Waals surface area contributed by atoms with E-state index in [0.717, 1.165) is 23.4 Å². The molecular formula is C16H16FNO. The summed E-state index contributed by atoms with van der Waals surface area (Å²) < 4.78 is 18.7. The van der Waals surface area contributed by atoms with Crippen molar-refractivity contribution in [2.24, 2.45) is 0 Å². The van der Waals surface area contributed by atoms with E-state index in [0.29, 0.717) is 6.61 Å². The molecule has 1 unspecified atom stereocenters. The number of hydrogen-bond donors (Lipinski definition) is 1. The standard InChI is InChI=1S/C16H16FNO/c1-2-11-3-8-16-14(9-11)18-15(10-19-16)12-4-6-13(17)7-5-12/h3-9,15,18H,2,10H2,1H3. The summed E-state index contributed by atoms with van der Waals surface area (Å²) >= 11 is 0. The predicted octanol–water partition coefficient (Wildman–Crippen LogP) is 3.93. The summed E-state index contributed by atoms with van der Waals surface area (Å²) in [4.78, 5) is 0. The van der Waals surface area contributed by atoms with Crippen LogP contribution < -0.4 is 10.1 Å². The van der Waals surface area contributed by atoms with Gasteiger partial charge in [-0.3, -0.25) is 0 Å². The molecule has 0 radical (unpaired) electrons. The zero-order chi connectivity index (χ0) is 13.2. The topological polar surface area (TPSA) is 21.3 Å². The molecule has 0 aromatic heterocycles. The van der Waals surface area contributed by atoms with Gasteiger partial charge >= 0.3 is 0 Å². The van der Waals surface area contributed by atoms with Gasteiger partial charge in [0.25, 0.3) is 0 Å². The Kier molecular flexibility index (Phi) is 3.11. The largest absolute Gasteiger partial charge is 0.489 e. The molecule has 3 rings (SSSR count). The molecule has 1 N–H and O–H groups in total. The summed E-state index contributed by atoms with van der Waals surface area (Å²) in [6.45, 7) is 2.69. The molecule has 2 aromatic rings. The molecule has 1 heterocycles. The summed E-state index contributed by atoms with van der Waals surface area (Å²) in [5.41, 5.74) is 3.32. The number of rotatable bonds is 2. The second-order valence-corrected chi connectivity index (χ2v) is 4.74. The molecule has 0 amide bonds. The van der Waals surface area contributed by atoms with Crippen LogP contribution in [0.5, 0.6) is 5.75 Å². The van der Waals surface area contributed by atoms with Gasteiger partial charge in [0.05, 0.1) is 11.7 Å². The van der Waals surface area contributed by atoms with Gasteiger partial charge in [0.1, 0.15) is 18.2 Å². The van der Waals surface area contributed by atoms with E-state index < -0.39 is 0 Å². The molecule has 2 aromatic carbocycles. The number of ether oxygens (including phenoxy) is 1. The van der Waals surface area contributed by atoms with E-state index in [1.807, 2.05) is 6.07 Å². The number of anilines is 1. The fraction of sp³-hybridized carbons (Fsp3) is 0.250. The number of aryl methyl sites for hydroxylation is 1. The Morgan fingerprint density at radius 1 is 1.21 bits per heavy atom. The molecule has 0 saturated heterocycles. The lowest BCUT2D eigenvalue weighted by molar-refractivity contribution is 0.286. The molecule has 19 heavy (non-hydrogen) atoms. The van der Waals surface area contributed by atoms with E-state index in [1.54, 1.807) is 12.1 Å². The minimum Gasteiger partial charge on any atom is -0.489 e. The molecule has 1 aliphatic heterocycles. The van der Waals surface area contributed by atoms with Crippen molar-refractivity contribution < 1.29 is 9.13 Å². The zero-order valence-electron chi connectivity index (χ0n) is 10.8. The number of hydrogen-bond acceptors (Lipinski definition) is 2. The van der Waals surface area contributed by atoms with Crippen molar-refractivity contribution in [3.63, 3.8) is 0 Å². The van der Waals surface area contributed by atoms with Gasteiger partial charge in [-0.2, -0.15) is 0 Å². The lowest BCUT2D eigenvalue weighted by atomic mass is 10.0. The third kappa shape index (κ3) is 2.41. The van der Waals surface area contributed by atoms with Gasteiger partial charge < -0.3 is 10.1 Å². The number of fused-ring (bicyclic) bond motifs is 1. The fourth-order valence-electron chi connectivity index (χ4n) is 2.31. The first-order chi connectivity index (χ1) is 9.26. The van der Waals surface area contributed by atoms with Crippen molar-refractivity contribution in [3.8, 4) is 5.75 Å². The summed E-state index contributed by atoms with van der Waals surface area (Å²) in [6.07, 6.45) is 0.996. The molecule has 1 aliphatic rings. The monoisotopic (exact) mass is 257 g/mol. The molecule has 0 fully saturated rings. The Labute approximate surface area is 112 Å². The van der Waals surface area contributed by atoms with Crippen molar-refractivity contribution in [2.75, 3.05) is 11.9 Å². The Balaban J connectivity index is 1.86. The van der Waals surface area contributed by atoms with Crippen LogP contribution >= 0.6 is 0 Å². The highest BCUT2D eigenvalue weighted by atomic mass is 19.1. The number of benzene rings is 2. The average Bonchev–Trinajstić information content (AvgIpc) is 2.47. The van der Waals surface area contributed by atoms with Crippen LogP contribution in [0.4, 0.5) is 10.1 Å². The Morgan fingerprint density at radius 2 is 2.00 bits per heavy atom. The van der Waals surface area contributed by atoms with Gasteiger partial charge in [-0.25, -0.2) is 4.39 Å². The first kappa shape index (κ1) is 12.0. The van der Waals surface area contributed by atoms with E-state index in [2.05, 4.69) is 24.4 Å². The minimum atomic E-state index is -0.214. The first-order valence-corrected chi connectivity index (χ1v) is 6.54. The summed E-state index contributed by atoms with van der Waals surface area (Å²) in [5.74, 6) is 0.671. The van der Waals surface area contributed by atoms with Gasteiger partial charge in [-0.05, 0) is 41.8 Å². The van der Waals surface area contributed by atoms with Crippen LogP contribution in [-0.2, 0) is 6.42 Å². The van der Waals surface area contributed by atoms with E-state index in [1.165, 1.54) is 17.7 Å². The Hall–Kier alpha value is -2.03. The second-order valence-electron chi connectivity index (χ2n) is 4.74. The van der Waals surface area contributed by atoms with Gasteiger partial charge in [0.15, 0.2) is 0 Å². The van der Waals surface area contributed by atoms with Gasteiger partial charge in [0.2, 0.25) is 0 Å². The van der Waals surface area contributed by atoms with Crippen LogP contribution in [0.25, 0.3) is 0 Å². The number of halogens is 1. The molecule has 1 atom stereocenters. The van der Waals surface area contributed by atoms with Crippen LogP contribution in [0, 0.1) is 5.82 Å². The maximum Gasteiger partial charge on any atom is 0.142 e. The highest BCUT2D eigenvalue weighted by molar-refractivity contribution is 5.60. The summed E-state index contributed by atoms with van der Waals surface area (Å²) in [7, 11) is 0. The van der Waals surface area contributed by atoms with Crippen molar-refractivity contribution >= 4 is 5.69 Å². The molecule has 98 valence electrons. The van der Waals surface area contributed by atoms with Crippen molar-refractivity contribution in [1.82, 2.24) is 0 Å². The van der Waals surface area contributed by atoms with E-state index in [9.17, 15) is 4.39 Å². The Bertz CT molecular complexity index is 580. The molecule has 0 aliphatic carbocycles. The van der Waals surface area contributed by atoms with Crippen LogP contribution in [0.15, 0.2) is 42.5 Å². The molecule has 2 nitrogen and oxygen atoms in total. The number of nitrogens with one attached hydrogen (secondary N) is 1. The maximum atomic E-state index is 12.9. The van der Waals surface area contributed by atoms with Crippen LogP contribution in [-0.4, -0.2) is 6.61 Å². The predicted molar refractivity (Wildman–Crippen MR) is 74.1 cm³/mol. The highest BCUT2D eigenvalue weighted by Crippen LogP contribution is 2.34. The second kappa shape index (κ2) is 4.92. The van der Waals surface area contributed by atoms with Gasteiger partial charge in [-0.1, -0.05) is 25.1 Å². The lowest BCUT2D eigenvalue weighted by Gasteiger charge is -2.28. The van der Waals surface area contributed by atoms with E-state index in [-0.39, 0.29) is 11.9 Å². The summed E-state index contributed by atoms with van der Waals surface area (Å²) in [6, 6.07) is 12.8. The van der Waals surface area contributed by atoms with Crippen molar-refractivity contribution in [1.29, 1.82) is 0 Å². The quantitative estimate of drug-likeness (QED) is 0.880.